The van der Waals surface area contributed by atoms with Gasteiger partial charge < -0.3 is 20.1 Å². The third-order valence-corrected chi connectivity index (χ3v) is 4.85. The first-order valence-electron chi connectivity index (χ1n) is 9.66. The molecule has 1 aromatic heterocycles. The highest BCUT2D eigenvalue weighted by atomic mass is 19.1. The van der Waals surface area contributed by atoms with Gasteiger partial charge in [-0.1, -0.05) is 12.1 Å². The maximum atomic E-state index is 13.4. The van der Waals surface area contributed by atoms with Gasteiger partial charge in [-0.3, -0.25) is 4.90 Å². The number of nitrogens with zero attached hydrogens (tertiary/aromatic N) is 2. The van der Waals surface area contributed by atoms with Gasteiger partial charge in [0, 0.05) is 49.5 Å². The lowest BCUT2D eigenvalue weighted by atomic mass is 10.0. The molecule has 0 atom stereocenters. The van der Waals surface area contributed by atoms with Gasteiger partial charge >= 0.3 is 6.03 Å². The van der Waals surface area contributed by atoms with Gasteiger partial charge in [-0.05, 0) is 32.0 Å². The summed E-state index contributed by atoms with van der Waals surface area (Å²) in [7, 11) is 0. The van der Waals surface area contributed by atoms with Crippen molar-refractivity contribution in [3.63, 3.8) is 0 Å². The van der Waals surface area contributed by atoms with E-state index in [9.17, 15) is 9.18 Å². The Morgan fingerprint density at radius 2 is 2.03 bits per heavy atom. The van der Waals surface area contributed by atoms with Crippen LogP contribution in [0.1, 0.15) is 19.4 Å². The number of halogens is 1. The second-order valence-corrected chi connectivity index (χ2v) is 7.48. The zero-order valence-electron chi connectivity index (χ0n) is 16.8. The number of morpholine rings is 1. The molecule has 1 aliphatic rings. The van der Waals surface area contributed by atoms with Crippen LogP contribution in [-0.4, -0.2) is 54.3 Å². The minimum Gasteiger partial charge on any atom is -0.439 e. The number of urea groups is 1. The number of amides is 2. The first kappa shape index (κ1) is 21.0. The van der Waals surface area contributed by atoms with E-state index in [0.717, 1.165) is 13.1 Å². The molecule has 0 bridgehead atoms. The second-order valence-electron chi connectivity index (χ2n) is 7.48. The molecule has 0 spiro atoms. The molecule has 7 nitrogen and oxygen atoms in total. The van der Waals surface area contributed by atoms with Crippen LogP contribution in [0.15, 0.2) is 42.6 Å². The quantitative estimate of drug-likeness (QED) is 0.745. The van der Waals surface area contributed by atoms with Gasteiger partial charge in [-0.2, -0.15) is 0 Å². The summed E-state index contributed by atoms with van der Waals surface area (Å²) >= 11 is 0. The maximum absolute atomic E-state index is 13.4. The molecule has 2 amide bonds. The SMILES string of the molecule is CC(C)(CNC(=O)NCc1cccnc1Oc1cccc(F)c1)N1CCOCC1. The minimum atomic E-state index is -0.389. The van der Waals surface area contributed by atoms with Crippen molar-refractivity contribution in [2.75, 3.05) is 32.8 Å². The highest BCUT2D eigenvalue weighted by Crippen LogP contribution is 2.23. The lowest BCUT2D eigenvalue weighted by molar-refractivity contribution is -0.00874. The van der Waals surface area contributed by atoms with Gasteiger partial charge in [-0.15, -0.1) is 0 Å². The molecule has 0 radical (unpaired) electrons. The monoisotopic (exact) mass is 402 g/mol. The molecule has 3 rings (SSSR count). The van der Waals surface area contributed by atoms with Crippen LogP contribution < -0.4 is 15.4 Å². The van der Waals surface area contributed by atoms with Crippen molar-refractivity contribution >= 4 is 6.03 Å². The van der Waals surface area contributed by atoms with Crippen LogP contribution in [0.3, 0.4) is 0 Å². The van der Waals surface area contributed by atoms with E-state index in [0.29, 0.717) is 37.0 Å². The smallest absolute Gasteiger partial charge is 0.315 e. The van der Waals surface area contributed by atoms with Crippen molar-refractivity contribution < 1.29 is 18.7 Å². The lowest BCUT2D eigenvalue weighted by Crippen LogP contribution is -2.56. The molecule has 2 heterocycles. The molecule has 0 saturated carbocycles. The molecule has 1 saturated heterocycles. The largest absolute Gasteiger partial charge is 0.439 e. The van der Waals surface area contributed by atoms with Crippen LogP contribution in [0.5, 0.6) is 11.6 Å². The molecule has 8 heteroatoms. The number of carbonyl (C=O) groups excluding carboxylic acids is 1. The number of ether oxygens (including phenoxy) is 2. The number of aromatic nitrogens is 1. The van der Waals surface area contributed by atoms with E-state index in [1.807, 2.05) is 0 Å². The van der Waals surface area contributed by atoms with Gasteiger partial charge in [0.2, 0.25) is 5.88 Å². The average molecular weight is 402 g/mol. The van der Waals surface area contributed by atoms with Gasteiger partial charge in [0.25, 0.3) is 0 Å². The van der Waals surface area contributed by atoms with E-state index in [1.54, 1.807) is 30.5 Å². The van der Waals surface area contributed by atoms with Crippen molar-refractivity contribution in [1.29, 1.82) is 0 Å². The van der Waals surface area contributed by atoms with Crippen molar-refractivity contribution in [3.05, 3.63) is 54.0 Å². The highest BCUT2D eigenvalue weighted by Gasteiger charge is 2.28. The molecule has 29 heavy (non-hydrogen) atoms. The van der Waals surface area contributed by atoms with Gasteiger partial charge in [-0.25, -0.2) is 14.2 Å². The van der Waals surface area contributed by atoms with Crippen molar-refractivity contribution in [3.8, 4) is 11.6 Å². The predicted molar refractivity (Wildman–Crippen MR) is 107 cm³/mol. The Morgan fingerprint density at radius 1 is 1.24 bits per heavy atom. The van der Waals surface area contributed by atoms with E-state index in [-0.39, 0.29) is 23.9 Å². The summed E-state index contributed by atoms with van der Waals surface area (Å²) in [6.07, 6.45) is 1.59. The number of carbonyl (C=O) groups is 1. The predicted octanol–water partition coefficient (Wildman–Crippen LogP) is 2.92. The molecule has 2 N–H and O–H groups in total. The van der Waals surface area contributed by atoms with Crippen LogP contribution in [0.4, 0.5) is 9.18 Å². The molecule has 2 aromatic rings. The number of nitrogens with one attached hydrogen (secondary N) is 2. The molecule has 1 fully saturated rings. The summed E-state index contributed by atoms with van der Waals surface area (Å²) in [6.45, 7) is 8.09. The second kappa shape index (κ2) is 9.67. The Hall–Kier alpha value is -2.71. The third-order valence-electron chi connectivity index (χ3n) is 4.85. The van der Waals surface area contributed by atoms with E-state index in [2.05, 4.69) is 34.4 Å². The maximum Gasteiger partial charge on any atom is 0.315 e. The number of hydrogen-bond donors (Lipinski definition) is 2. The van der Waals surface area contributed by atoms with E-state index >= 15 is 0 Å². The Morgan fingerprint density at radius 3 is 2.79 bits per heavy atom. The van der Waals surface area contributed by atoms with Crippen molar-refractivity contribution in [1.82, 2.24) is 20.5 Å². The fourth-order valence-electron chi connectivity index (χ4n) is 3.11. The third kappa shape index (κ3) is 6.13. The summed E-state index contributed by atoms with van der Waals surface area (Å²) in [5.41, 5.74) is 0.528. The number of hydrogen-bond acceptors (Lipinski definition) is 5. The molecule has 1 aliphatic heterocycles. The fourth-order valence-corrected chi connectivity index (χ4v) is 3.11. The molecule has 0 aliphatic carbocycles. The Labute approximate surface area is 170 Å². The average Bonchev–Trinajstić information content (AvgIpc) is 2.72. The first-order valence-corrected chi connectivity index (χ1v) is 9.66. The summed E-state index contributed by atoms with van der Waals surface area (Å²) in [6, 6.07) is 9.13. The van der Waals surface area contributed by atoms with Crippen molar-refractivity contribution in [2.45, 2.75) is 25.9 Å². The van der Waals surface area contributed by atoms with E-state index in [1.165, 1.54) is 12.1 Å². The summed E-state index contributed by atoms with van der Waals surface area (Å²) < 4.78 is 24.4. The zero-order valence-corrected chi connectivity index (χ0v) is 16.8. The number of benzene rings is 1. The summed E-state index contributed by atoms with van der Waals surface area (Å²) in [5, 5.41) is 5.75. The highest BCUT2D eigenvalue weighted by molar-refractivity contribution is 5.74. The molecule has 156 valence electrons. The lowest BCUT2D eigenvalue weighted by Gasteiger charge is -2.40. The number of pyridine rings is 1. The first-order chi connectivity index (χ1) is 13.9. The molecular weight excluding hydrogens is 375 g/mol. The Bertz CT molecular complexity index is 825. The molecular formula is C21H27FN4O3. The van der Waals surface area contributed by atoms with Crippen LogP contribution in [0.25, 0.3) is 0 Å². The summed E-state index contributed by atoms with van der Waals surface area (Å²) in [4.78, 5) is 18.8. The molecule has 0 unspecified atom stereocenters. The van der Waals surface area contributed by atoms with Crippen LogP contribution >= 0.6 is 0 Å². The fraction of sp³-hybridized carbons (Fsp3) is 0.429. The van der Waals surface area contributed by atoms with Crippen LogP contribution in [-0.2, 0) is 11.3 Å². The van der Waals surface area contributed by atoms with Gasteiger partial charge in [0.05, 0.1) is 13.2 Å². The standard InChI is InChI=1S/C21H27FN4O3/c1-21(2,26-9-11-28-12-10-26)15-25-20(27)24-14-16-5-4-8-23-19(16)29-18-7-3-6-17(22)13-18/h3-8,13H,9-12,14-15H2,1-2H3,(H2,24,25,27). The van der Waals surface area contributed by atoms with Gasteiger partial charge in [0.1, 0.15) is 11.6 Å². The summed E-state index contributed by atoms with van der Waals surface area (Å²) in [5.74, 6) is 0.286. The molecule has 1 aromatic carbocycles. The van der Waals surface area contributed by atoms with Gasteiger partial charge in [0.15, 0.2) is 0 Å². The van der Waals surface area contributed by atoms with E-state index < -0.39 is 0 Å². The van der Waals surface area contributed by atoms with Crippen LogP contribution in [0, 0.1) is 5.82 Å². The van der Waals surface area contributed by atoms with Crippen LogP contribution in [0.2, 0.25) is 0 Å². The minimum absolute atomic E-state index is 0.166. The Balaban J connectivity index is 1.52. The Kier molecular flexibility index (Phi) is 7.00. The van der Waals surface area contributed by atoms with E-state index in [4.69, 9.17) is 9.47 Å². The zero-order chi connectivity index (χ0) is 20.7. The normalized spacial score (nSPS) is 15.0. The topological polar surface area (TPSA) is 75.7 Å². The van der Waals surface area contributed by atoms with Crippen molar-refractivity contribution in [2.24, 2.45) is 0 Å². The number of rotatable bonds is 7.